The van der Waals surface area contributed by atoms with E-state index in [2.05, 4.69) is 17.6 Å². The molecule has 1 aliphatic carbocycles. The van der Waals surface area contributed by atoms with Crippen molar-refractivity contribution in [1.82, 2.24) is 10.6 Å². The van der Waals surface area contributed by atoms with Gasteiger partial charge in [0.05, 0.1) is 0 Å². The van der Waals surface area contributed by atoms with E-state index in [4.69, 9.17) is 0 Å². The van der Waals surface area contributed by atoms with Gasteiger partial charge in [-0.25, -0.2) is 0 Å². The molecule has 2 heterocycles. The van der Waals surface area contributed by atoms with Crippen LogP contribution in [0.15, 0.2) is 0 Å². The van der Waals surface area contributed by atoms with Crippen molar-refractivity contribution in [2.75, 3.05) is 13.1 Å². The largest absolute Gasteiger partial charge is 0.314 e. The average Bonchev–Trinajstić information content (AvgIpc) is 2.40. The third-order valence-corrected chi connectivity index (χ3v) is 5.60. The molecule has 0 bridgehead atoms. The molecule has 3 fully saturated rings. The van der Waals surface area contributed by atoms with Gasteiger partial charge in [0.1, 0.15) is 0 Å². The summed E-state index contributed by atoms with van der Waals surface area (Å²) in [6.45, 7) is 5.00. The van der Waals surface area contributed by atoms with Crippen molar-refractivity contribution < 1.29 is 0 Å². The predicted molar refractivity (Wildman–Crippen MR) is 76.7 cm³/mol. The van der Waals surface area contributed by atoms with E-state index in [1.54, 1.807) is 0 Å². The van der Waals surface area contributed by atoms with E-state index in [1.165, 1.54) is 64.5 Å². The number of hydrogen-bond donors (Lipinski definition) is 2. The van der Waals surface area contributed by atoms with Crippen molar-refractivity contribution in [3.63, 3.8) is 0 Å². The van der Waals surface area contributed by atoms with Crippen LogP contribution in [-0.2, 0) is 0 Å². The Morgan fingerprint density at radius 2 is 1.83 bits per heavy atom. The highest BCUT2D eigenvalue weighted by Crippen LogP contribution is 2.41. The van der Waals surface area contributed by atoms with E-state index >= 15 is 0 Å². The van der Waals surface area contributed by atoms with Gasteiger partial charge in [-0.05, 0) is 75.8 Å². The second kappa shape index (κ2) is 5.92. The summed E-state index contributed by atoms with van der Waals surface area (Å²) < 4.78 is 0. The summed E-state index contributed by atoms with van der Waals surface area (Å²) in [5, 5.41) is 7.55. The molecule has 0 aromatic carbocycles. The number of rotatable bonds is 2. The van der Waals surface area contributed by atoms with Crippen LogP contribution in [0.2, 0.25) is 0 Å². The SMILES string of the molecule is C[C@@H]1C[C@@H](C[C@@H]2CCCCN2)[C@H]2CCCN[C@@H]2C1. The maximum Gasteiger partial charge on any atom is 0.0100 e. The summed E-state index contributed by atoms with van der Waals surface area (Å²) in [6.07, 6.45) is 11.5. The van der Waals surface area contributed by atoms with Crippen LogP contribution in [0.4, 0.5) is 0 Å². The van der Waals surface area contributed by atoms with Crippen molar-refractivity contribution in [3.8, 4) is 0 Å². The van der Waals surface area contributed by atoms with Crippen molar-refractivity contribution >= 4 is 0 Å². The van der Waals surface area contributed by atoms with Crippen molar-refractivity contribution in [3.05, 3.63) is 0 Å². The predicted octanol–water partition coefficient (Wildman–Crippen LogP) is 2.93. The summed E-state index contributed by atoms with van der Waals surface area (Å²) in [6, 6.07) is 1.67. The first-order valence-corrected chi connectivity index (χ1v) is 8.29. The van der Waals surface area contributed by atoms with Crippen LogP contribution in [0.3, 0.4) is 0 Å². The van der Waals surface area contributed by atoms with Gasteiger partial charge in [-0.1, -0.05) is 13.3 Å². The van der Waals surface area contributed by atoms with Gasteiger partial charge in [0.15, 0.2) is 0 Å². The van der Waals surface area contributed by atoms with Gasteiger partial charge in [0.2, 0.25) is 0 Å². The first-order valence-electron chi connectivity index (χ1n) is 8.29. The summed E-state index contributed by atoms with van der Waals surface area (Å²) >= 11 is 0. The average molecular weight is 250 g/mol. The molecule has 2 nitrogen and oxygen atoms in total. The van der Waals surface area contributed by atoms with Crippen molar-refractivity contribution in [2.45, 2.75) is 70.4 Å². The Labute approximate surface area is 112 Å². The molecule has 3 rings (SSSR count). The Balaban J connectivity index is 1.60. The minimum Gasteiger partial charge on any atom is -0.314 e. The summed E-state index contributed by atoms with van der Waals surface area (Å²) in [5.41, 5.74) is 0. The second-order valence-corrected chi connectivity index (χ2v) is 7.09. The lowest BCUT2D eigenvalue weighted by Gasteiger charge is -2.45. The normalized spacial score (nSPS) is 45.5. The second-order valence-electron chi connectivity index (χ2n) is 7.09. The zero-order valence-corrected chi connectivity index (χ0v) is 12.0. The van der Waals surface area contributed by atoms with Crippen LogP contribution in [0.25, 0.3) is 0 Å². The molecule has 18 heavy (non-hydrogen) atoms. The zero-order chi connectivity index (χ0) is 12.4. The van der Waals surface area contributed by atoms with Crippen LogP contribution in [0.1, 0.15) is 58.3 Å². The van der Waals surface area contributed by atoms with E-state index in [0.29, 0.717) is 0 Å². The number of nitrogens with one attached hydrogen (secondary N) is 2. The van der Waals surface area contributed by atoms with Gasteiger partial charge in [-0.2, -0.15) is 0 Å². The summed E-state index contributed by atoms with van der Waals surface area (Å²) in [5.74, 6) is 2.91. The summed E-state index contributed by atoms with van der Waals surface area (Å²) in [7, 11) is 0. The standard InChI is InChI=1S/C16H30N2/c1-12-9-13(11-14-5-2-3-7-17-14)15-6-4-8-18-16(15)10-12/h12-18H,2-11H2,1H3/t12-,13+,14+,15-,16-/m1/s1. The number of piperidine rings is 2. The summed E-state index contributed by atoms with van der Waals surface area (Å²) in [4.78, 5) is 0. The van der Waals surface area contributed by atoms with E-state index in [1.807, 2.05) is 0 Å². The lowest BCUT2D eigenvalue weighted by molar-refractivity contribution is 0.0890. The quantitative estimate of drug-likeness (QED) is 0.787. The van der Waals surface area contributed by atoms with E-state index < -0.39 is 0 Å². The molecular weight excluding hydrogens is 220 g/mol. The van der Waals surface area contributed by atoms with Crippen LogP contribution < -0.4 is 10.6 Å². The van der Waals surface area contributed by atoms with Crippen LogP contribution in [0.5, 0.6) is 0 Å². The molecule has 0 spiro atoms. The van der Waals surface area contributed by atoms with Gasteiger partial charge in [-0.3, -0.25) is 0 Å². The smallest absolute Gasteiger partial charge is 0.0100 e. The van der Waals surface area contributed by atoms with Crippen LogP contribution in [-0.4, -0.2) is 25.2 Å². The molecule has 0 amide bonds. The maximum atomic E-state index is 3.80. The topological polar surface area (TPSA) is 24.1 Å². The molecule has 1 saturated carbocycles. The molecule has 0 unspecified atom stereocenters. The molecule has 0 aromatic rings. The number of fused-ring (bicyclic) bond motifs is 1. The molecule has 2 heteroatoms. The Morgan fingerprint density at radius 3 is 2.67 bits per heavy atom. The number of hydrogen-bond acceptors (Lipinski definition) is 2. The Bertz CT molecular complexity index is 260. The third kappa shape index (κ3) is 2.91. The fourth-order valence-electron chi connectivity index (χ4n) is 4.78. The molecular formula is C16H30N2. The Hall–Kier alpha value is -0.0800. The highest BCUT2D eigenvalue weighted by molar-refractivity contribution is 4.93. The highest BCUT2D eigenvalue weighted by Gasteiger charge is 2.38. The lowest BCUT2D eigenvalue weighted by Crippen LogP contribution is -2.50. The van der Waals surface area contributed by atoms with E-state index in [9.17, 15) is 0 Å². The molecule has 2 aliphatic heterocycles. The first-order chi connectivity index (χ1) is 8.83. The zero-order valence-electron chi connectivity index (χ0n) is 12.0. The monoisotopic (exact) mass is 250 g/mol. The van der Waals surface area contributed by atoms with E-state index in [-0.39, 0.29) is 0 Å². The Morgan fingerprint density at radius 1 is 0.944 bits per heavy atom. The molecule has 2 saturated heterocycles. The molecule has 0 aromatic heterocycles. The lowest BCUT2D eigenvalue weighted by atomic mass is 9.66. The van der Waals surface area contributed by atoms with Gasteiger partial charge >= 0.3 is 0 Å². The molecule has 2 N–H and O–H groups in total. The van der Waals surface area contributed by atoms with Gasteiger partial charge < -0.3 is 10.6 Å². The van der Waals surface area contributed by atoms with Crippen LogP contribution >= 0.6 is 0 Å². The van der Waals surface area contributed by atoms with E-state index in [0.717, 1.165) is 29.8 Å². The fourth-order valence-corrected chi connectivity index (χ4v) is 4.78. The minimum absolute atomic E-state index is 0.830. The molecule has 104 valence electrons. The third-order valence-electron chi connectivity index (χ3n) is 5.60. The Kier molecular flexibility index (Phi) is 4.25. The molecule has 5 atom stereocenters. The fraction of sp³-hybridized carbons (Fsp3) is 1.00. The molecule has 3 aliphatic rings. The van der Waals surface area contributed by atoms with Gasteiger partial charge in [0.25, 0.3) is 0 Å². The minimum atomic E-state index is 0.830. The molecule has 0 radical (unpaired) electrons. The van der Waals surface area contributed by atoms with Crippen molar-refractivity contribution in [1.29, 1.82) is 0 Å². The maximum absolute atomic E-state index is 3.80. The van der Waals surface area contributed by atoms with Gasteiger partial charge in [-0.15, -0.1) is 0 Å². The van der Waals surface area contributed by atoms with Crippen molar-refractivity contribution in [2.24, 2.45) is 17.8 Å². The van der Waals surface area contributed by atoms with Gasteiger partial charge in [0, 0.05) is 12.1 Å². The van der Waals surface area contributed by atoms with Crippen LogP contribution in [0, 0.1) is 17.8 Å². The highest BCUT2D eigenvalue weighted by atomic mass is 14.9. The first kappa shape index (κ1) is 12.9.